The Labute approximate surface area is 105 Å². The first-order chi connectivity index (χ1) is 7.41. The van der Waals surface area contributed by atoms with Crippen LogP contribution in [0.4, 0.5) is 0 Å². The number of benzene rings is 1. The Bertz CT molecular complexity index is 394. The molecule has 1 unspecified atom stereocenters. The van der Waals surface area contributed by atoms with Crippen molar-refractivity contribution in [1.82, 2.24) is 4.90 Å². The number of ether oxygens (including phenoxy) is 1. The second kappa shape index (κ2) is 5.41. The molecule has 1 amide bonds. The van der Waals surface area contributed by atoms with E-state index in [1.807, 2.05) is 0 Å². The highest BCUT2D eigenvalue weighted by Crippen LogP contribution is 2.26. The number of carbonyl (C=O) groups is 1. The monoisotopic (exact) mass is 261 g/mol. The highest BCUT2D eigenvalue weighted by molar-refractivity contribution is 6.42. The van der Waals surface area contributed by atoms with Crippen molar-refractivity contribution in [2.24, 2.45) is 0 Å². The molecule has 0 aliphatic rings. The molecule has 1 rings (SSSR count). The van der Waals surface area contributed by atoms with Gasteiger partial charge >= 0.3 is 0 Å². The molecule has 0 N–H and O–H groups in total. The molecule has 0 aromatic heterocycles. The molecule has 0 radical (unpaired) electrons. The molecule has 5 heteroatoms. The number of hydrogen-bond acceptors (Lipinski definition) is 2. The lowest BCUT2D eigenvalue weighted by atomic mass is 10.3. The molecule has 0 saturated heterocycles. The van der Waals surface area contributed by atoms with Gasteiger partial charge in [-0.2, -0.15) is 0 Å². The summed E-state index contributed by atoms with van der Waals surface area (Å²) >= 11 is 11.6. The molecule has 0 aliphatic heterocycles. The Hall–Kier alpha value is -0.930. The quantitative estimate of drug-likeness (QED) is 0.838. The lowest BCUT2D eigenvalue weighted by molar-refractivity contribution is -0.135. The van der Waals surface area contributed by atoms with Crippen molar-refractivity contribution in [2.45, 2.75) is 13.0 Å². The fourth-order valence-corrected chi connectivity index (χ4v) is 1.46. The molecule has 3 nitrogen and oxygen atoms in total. The molecule has 1 aromatic rings. The Kier molecular flexibility index (Phi) is 4.44. The van der Waals surface area contributed by atoms with Crippen LogP contribution in [0.25, 0.3) is 0 Å². The van der Waals surface area contributed by atoms with Crippen LogP contribution in [0, 0.1) is 0 Å². The highest BCUT2D eigenvalue weighted by Gasteiger charge is 2.16. The SMILES string of the molecule is CC(Oc1ccc(Cl)c(Cl)c1)C(=O)N(C)C. The summed E-state index contributed by atoms with van der Waals surface area (Å²) < 4.78 is 5.44. The standard InChI is InChI=1S/C11H13Cl2NO2/c1-7(11(15)14(2)3)16-8-4-5-9(12)10(13)6-8/h4-7H,1-3H3. The molecule has 0 heterocycles. The minimum absolute atomic E-state index is 0.105. The van der Waals surface area contributed by atoms with Gasteiger partial charge in [0.05, 0.1) is 10.0 Å². The summed E-state index contributed by atoms with van der Waals surface area (Å²) in [5.74, 6) is 0.420. The summed E-state index contributed by atoms with van der Waals surface area (Å²) in [6, 6.07) is 4.89. The number of hydrogen-bond donors (Lipinski definition) is 0. The van der Waals surface area contributed by atoms with Crippen LogP contribution in [0.3, 0.4) is 0 Å². The summed E-state index contributed by atoms with van der Waals surface area (Å²) in [6.07, 6.45) is -0.549. The Balaban J connectivity index is 2.73. The molecule has 0 aliphatic carbocycles. The van der Waals surface area contributed by atoms with Crippen molar-refractivity contribution in [2.75, 3.05) is 14.1 Å². The Morgan fingerprint density at radius 3 is 2.44 bits per heavy atom. The third kappa shape index (κ3) is 3.29. The van der Waals surface area contributed by atoms with Crippen LogP contribution in [0.5, 0.6) is 5.75 Å². The van der Waals surface area contributed by atoms with Gasteiger partial charge in [0.15, 0.2) is 6.10 Å². The average Bonchev–Trinajstić information content (AvgIpc) is 2.22. The molecule has 1 aromatic carbocycles. The van der Waals surface area contributed by atoms with E-state index in [9.17, 15) is 4.79 Å². The topological polar surface area (TPSA) is 29.5 Å². The number of likely N-dealkylation sites (N-methyl/N-ethyl adjacent to an activating group) is 1. The van der Waals surface area contributed by atoms with Gasteiger partial charge < -0.3 is 9.64 Å². The van der Waals surface area contributed by atoms with Gasteiger partial charge in [-0.05, 0) is 19.1 Å². The number of amides is 1. The van der Waals surface area contributed by atoms with Crippen molar-refractivity contribution >= 4 is 29.1 Å². The number of carbonyl (C=O) groups excluding carboxylic acids is 1. The van der Waals surface area contributed by atoms with E-state index in [0.29, 0.717) is 15.8 Å². The fourth-order valence-electron chi connectivity index (χ4n) is 1.17. The molecule has 0 spiro atoms. The first-order valence-electron chi connectivity index (χ1n) is 4.74. The van der Waals surface area contributed by atoms with Crippen molar-refractivity contribution in [3.63, 3.8) is 0 Å². The van der Waals surface area contributed by atoms with E-state index in [0.717, 1.165) is 0 Å². The van der Waals surface area contributed by atoms with Crippen LogP contribution in [-0.4, -0.2) is 31.0 Å². The molecule has 0 bridgehead atoms. The van der Waals surface area contributed by atoms with Gasteiger partial charge in [-0.1, -0.05) is 23.2 Å². The van der Waals surface area contributed by atoms with Crippen LogP contribution in [-0.2, 0) is 4.79 Å². The summed E-state index contributed by atoms with van der Waals surface area (Å²) in [4.78, 5) is 13.0. The van der Waals surface area contributed by atoms with Crippen molar-refractivity contribution in [3.8, 4) is 5.75 Å². The van der Waals surface area contributed by atoms with Gasteiger partial charge in [0.2, 0.25) is 0 Å². The molecular weight excluding hydrogens is 249 g/mol. The summed E-state index contributed by atoms with van der Waals surface area (Å²) in [5, 5.41) is 0.865. The van der Waals surface area contributed by atoms with E-state index in [1.165, 1.54) is 4.90 Å². The van der Waals surface area contributed by atoms with Crippen molar-refractivity contribution in [3.05, 3.63) is 28.2 Å². The van der Waals surface area contributed by atoms with Gasteiger partial charge in [0.25, 0.3) is 5.91 Å². The van der Waals surface area contributed by atoms with Gasteiger partial charge in [-0.15, -0.1) is 0 Å². The second-order valence-corrected chi connectivity index (χ2v) is 4.38. The fraction of sp³-hybridized carbons (Fsp3) is 0.364. The van der Waals surface area contributed by atoms with E-state index in [1.54, 1.807) is 39.2 Å². The summed E-state index contributed by atoms with van der Waals surface area (Å²) in [6.45, 7) is 1.69. The molecular formula is C11H13Cl2NO2. The van der Waals surface area contributed by atoms with Gasteiger partial charge in [-0.25, -0.2) is 0 Å². The third-order valence-electron chi connectivity index (χ3n) is 1.99. The predicted octanol–water partition coefficient (Wildman–Crippen LogP) is 2.85. The van der Waals surface area contributed by atoms with Gasteiger partial charge in [-0.3, -0.25) is 4.79 Å². The maximum absolute atomic E-state index is 11.5. The third-order valence-corrected chi connectivity index (χ3v) is 2.73. The first-order valence-corrected chi connectivity index (χ1v) is 5.50. The highest BCUT2D eigenvalue weighted by atomic mass is 35.5. The smallest absolute Gasteiger partial charge is 0.262 e. The van der Waals surface area contributed by atoms with E-state index in [2.05, 4.69) is 0 Å². The zero-order valence-electron chi connectivity index (χ0n) is 9.33. The van der Waals surface area contributed by atoms with Gasteiger partial charge in [0, 0.05) is 20.2 Å². The molecule has 16 heavy (non-hydrogen) atoms. The van der Waals surface area contributed by atoms with Crippen LogP contribution < -0.4 is 4.74 Å². The minimum atomic E-state index is -0.549. The molecule has 0 fully saturated rings. The normalized spacial score (nSPS) is 12.1. The maximum Gasteiger partial charge on any atom is 0.262 e. The van der Waals surface area contributed by atoms with Crippen molar-refractivity contribution in [1.29, 1.82) is 0 Å². The minimum Gasteiger partial charge on any atom is -0.481 e. The zero-order chi connectivity index (χ0) is 12.3. The van der Waals surface area contributed by atoms with Crippen LogP contribution >= 0.6 is 23.2 Å². The lowest BCUT2D eigenvalue weighted by Gasteiger charge is -2.18. The summed E-state index contributed by atoms with van der Waals surface area (Å²) in [5.41, 5.74) is 0. The summed E-state index contributed by atoms with van der Waals surface area (Å²) in [7, 11) is 3.36. The van der Waals surface area contributed by atoms with Crippen molar-refractivity contribution < 1.29 is 9.53 Å². The number of nitrogens with zero attached hydrogens (tertiary/aromatic N) is 1. The van der Waals surface area contributed by atoms with E-state index in [-0.39, 0.29) is 5.91 Å². The lowest BCUT2D eigenvalue weighted by Crippen LogP contribution is -2.35. The Morgan fingerprint density at radius 2 is 1.94 bits per heavy atom. The second-order valence-electron chi connectivity index (χ2n) is 3.57. The molecule has 0 saturated carbocycles. The molecule has 88 valence electrons. The maximum atomic E-state index is 11.5. The zero-order valence-corrected chi connectivity index (χ0v) is 10.8. The predicted molar refractivity (Wildman–Crippen MR) is 65.2 cm³/mol. The van der Waals surface area contributed by atoms with Crippen LogP contribution in [0.1, 0.15) is 6.92 Å². The van der Waals surface area contributed by atoms with Crippen LogP contribution in [0.2, 0.25) is 10.0 Å². The van der Waals surface area contributed by atoms with E-state index >= 15 is 0 Å². The Morgan fingerprint density at radius 1 is 1.31 bits per heavy atom. The average molecular weight is 262 g/mol. The van der Waals surface area contributed by atoms with Crippen LogP contribution in [0.15, 0.2) is 18.2 Å². The first kappa shape index (κ1) is 13.1. The van der Waals surface area contributed by atoms with E-state index in [4.69, 9.17) is 27.9 Å². The largest absolute Gasteiger partial charge is 0.481 e. The van der Waals surface area contributed by atoms with Gasteiger partial charge in [0.1, 0.15) is 5.75 Å². The number of halogens is 2. The molecule has 1 atom stereocenters. The van der Waals surface area contributed by atoms with E-state index < -0.39 is 6.10 Å². The number of rotatable bonds is 3.